The lowest BCUT2D eigenvalue weighted by atomic mass is 10.1. The molecule has 0 unspecified atom stereocenters. The summed E-state index contributed by atoms with van der Waals surface area (Å²) in [5, 5.41) is 3.38. The number of ether oxygens (including phenoxy) is 2. The molecule has 0 aliphatic rings. The van der Waals surface area contributed by atoms with E-state index in [1.165, 1.54) is 12.1 Å². The molecule has 1 amide bonds. The molecule has 24 heavy (non-hydrogen) atoms. The molecule has 1 aromatic heterocycles. The molecule has 0 atom stereocenters. The lowest BCUT2D eigenvalue weighted by Crippen LogP contribution is -2.22. The number of halogens is 1. The van der Waals surface area contributed by atoms with Gasteiger partial charge in [0.15, 0.2) is 11.5 Å². The van der Waals surface area contributed by atoms with Crippen LogP contribution in [-0.4, -0.2) is 25.1 Å². The van der Waals surface area contributed by atoms with E-state index in [0.717, 1.165) is 5.56 Å². The Bertz CT molecular complexity index is 889. The number of hydrogen-bond donors (Lipinski definition) is 2. The standard InChI is InChI=1S/C18H17FN2O3/c1-23-16-6-3-11(7-17(16)24-2)9-21-18(22)14-10-20-15-5-4-12(19)8-13(14)15/h3-8,10,20H,9H2,1-2H3,(H,21,22). The molecule has 124 valence electrons. The second-order valence-corrected chi connectivity index (χ2v) is 5.26. The topological polar surface area (TPSA) is 63.3 Å². The van der Waals surface area contributed by atoms with E-state index in [0.29, 0.717) is 34.5 Å². The Labute approximate surface area is 138 Å². The molecule has 2 N–H and O–H groups in total. The predicted molar refractivity (Wildman–Crippen MR) is 89.0 cm³/mol. The van der Waals surface area contributed by atoms with Crippen molar-refractivity contribution in [1.82, 2.24) is 10.3 Å². The van der Waals surface area contributed by atoms with Gasteiger partial charge in [-0.15, -0.1) is 0 Å². The summed E-state index contributed by atoms with van der Waals surface area (Å²) < 4.78 is 23.8. The highest BCUT2D eigenvalue weighted by Crippen LogP contribution is 2.27. The SMILES string of the molecule is COc1ccc(CNC(=O)c2c[nH]c3ccc(F)cc23)cc1OC. The number of methoxy groups -OCH3 is 2. The monoisotopic (exact) mass is 328 g/mol. The zero-order valence-electron chi connectivity index (χ0n) is 13.4. The van der Waals surface area contributed by atoms with Crippen LogP contribution in [0.1, 0.15) is 15.9 Å². The molecule has 0 aliphatic carbocycles. The van der Waals surface area contributed by atoms with Gasteiger partial charge in [0.25, 0.3) is 5.91 Å². The van der Waals surface area contributed by atoms with E-state index in [9.17, 15) is 9.18 Å². The first-order chi connectivity index (χ1) is 11.6. The van der Waals surface area contributed by atoms with Gasteiger partial charge in [-0.2, -0.15) is 0 Å². The molecule has 0 fully saturated rings. The lowest BCUT2D eigenvalue weighted by Gasteiger charge is -2.10. The van der Waals surface area contributed by atoms with Crippen LogP contribution in [0, 0.1) is 5.82 Å². The lowest BCUT2D eigenvalue weighted by molar-refractivity contribution is 0.0952. The van der Waals surface area contributed by atoms with E-state index in [1.54, 1.807) is 38.6 Å². The van der Waals surface area contributed by atoms with Gasteiger partial charge in [0.05, 0.1) is 19.8 Å². The number of carbonyl (C=O) groups excluding carboxylic acids is 1. The third kappa shape index (κ3) is 3.03. The second-order valence-electron chi connectivity index (χ2n) is 5.26. The average Bonchev–Trinajstić information content (AvgIpc) is 3.02. The molecule has 0 saturated carbocycles. The quantitative estimate of drug-likeness (QED) is 0.756. The van der Waals surface area contributed by atoms with Crippen LogP contribution >= 0.6 is 0 Å². The Balaban J connectivity index is 1.76. The summed E-state index contributed by atoms with van der Waals surface area (Å²) in [6.45, 7) is 0.321. The first-order valence-electron chi connectivity index (χ1n) is 7.38. The van der Waals surface area contributed by atoms with Crippen molar-refractivity contribution in [2.45, 2.75) is 6.54 Å². The number of H-pyrrole nitrogens is 1. The van der Waals surface area contributed by atoms with Gasteiger partial charge in [0.1, 0.15) is 5.82 Å². The molecule has 5 nitrogen and oxygen atoms in total. The van der Waals surface area contributed by atoms with E-state index in [1.807, 2.05) is 6.07 Å². The maximum absolute atomic E-state index is 13.4. The van der Waals surface area contributed by atoms with Crippen LogP contribution in [-0.2, 0) is 6.54 Å². The summed E-state index contributed by atoms with van der Waals surface area (Å²) in [5.41, 5.74) is 1.99. The highest BCUT2D eigenvalue weighted by atomic mass is 19.1. The molecule has 0 saturated heterocycles. The second kappa shape index (κ2) is 6.62. The predicted octanol–water partition coefficient (Wildman–Crippen LogP) is 3.25. The Morgan fingerprint density at radius 3 is 2.67 bits per heavy atom. The van der Waals surface area contributed by atoms with Crippen LogP contribution in [0.25, 0.3) is 10.9 Å². The van der Waals surface area contributed by atoms with Gasteiger partial charge < -0.3 is 19.8 Å². The summed E-state index contributed by atoms with van der Waals surface area (Å²) >= 11 is 0. The molecule has 1 heterocycles. The fraction of sp³-hybridized carbons (Fsp3) is 0.167. The van der Waals surface area contributed by atoms with Crippen molar-refractivity contribution < 1.29 is 18.7 Å². The third-order valence-electron chi connectivity index (χ3n) is 3.79. The number of aromatic amines is 1. The number of benzene rings is 2. The maximum Gasteiger partial charge on any atom is 0.253 e. The van der Waals surface area contributed by atoms with Gasteiger partial charge in [-0.1, -0.05) is 6.07 Å². The van der Waals surface area contributed by atoms with E-state index >= 15 is 0 Å². The minimum atomic E-state index is -0.379. The van der Waals surface area contributed by atoms with E-state index in [4.69, 9.17) is 9.47 Å². The maximum atomic E-state index is 13.4. The van der Waals surface area contributed by atoms with Gasteiger partial charge in [-0.05, 0) is 35.9 Å². The minimum absolute atomic E-state index is 0.276. The van der Waals surface area contributed by atoms with Crippen LogP contribution in [0.15, 0.2) is 42.6 Å². The van der Waals surface area contributed by atoms with E-state index in [-0.39, 0.29) is 11.7 Å². The number of aromatic nitrogens is 1. The summed E-state index contributed by atoms with van der Waals surface area (Å²) in [6, 6.07) is 9.73. The van der Waals surface area contributed by atoms with Crippen molar-refractivity contribution in [3.63, 3.8) is 0 Å². The van der Waals surface area contributed by atoms with Gasteiger partial charge in [0, 0.05) is 23.6 Å². The normalized spacial score (nSPS) is 10.6. The Kier molecular flexibility index (Phi) is 4.37. The van der Waals surface area contributed by atoms with Crippen molar-refractivity contribution in [3.8, 4) is 11.5 Å². The smallest absolute Gasteiger partial charge is 0.253 e. The van der Waals surface area contributed by atoms with Gasteiger partial charge in [0.2, 0.25) is 0 Å². The Morgan fingerprint density at radius 2 is 1.92 bits per heavy atom. The highest BCUT2D eigenvalue weighted by Gasteiger charge is 2.13. The summed E-state index contributed by atoms with van der Waals surface area (Å²) in [4.78, 5) is 15.3. The number of nitrogens with one attached hydrogen (secondary N) is 2. The van der Waals surface area contributed by atoms with E-state index in [2.05, 4.69) is 10.3 Å². The van der Waals surface area contributed by atoms with Crippen LogP contribution in [0.2, 0.25) is 0 Å². The van der Waals surface area contributed by atoms with Crippen molar-refractivity contribution in [3.05, 3.63) is 59.5 Å². The molecule has 6 heteroatoms. The highest BCUT2D eigenvalue weighted by molar-refractivity contribution is 6.06. The number of amides is 1. The molecule has 2 aromatic carbocycles. The third-order valence-corrected chi connectivity index (χ3v) is 3.79. The Morgan fingerprint density at radius 1 is 1.12 bits per heavy atom. The zero-order valence-corrected chi connectivity index (χ0v) is 13.4. The minimum Gasteiger partial charge on any atom is -0.493 e. The number of fused-ring (bicyclic) bond motifs is 1. The van der Waals surface area contributed by atoms with Gasteiger partial charge in [-0.25, -0.2) is 4.39 Å². The average molecular weight is 328 g/mol. The molecule has 3 rings (SSSR count). The first kappa shape index (κ1) is 15.9. The fourth-order valence-electron chi connectivity index (χ4n) is 2.55. The molecule has 3 aromatic rings. The van der Waals surface area contributed by atoms with Crippen LogP contribution in [0.4, 0.5) is 4.39 Å². The molecule has 0 bridgehead atoms. The fourth-order valence-corrected chi connectivity index (χ4v) is 2.55. The largest absolute Gasteiger partial charge is 0.493 e. The molecular weight excluding hydrogens is 311 g/mol. The van der Waals surface area contributed by atoms with Crippen molar-refractivity contribution >= 4 is 16.8 Å². The van der Waals surface area contributed by atoms with Crippen LogP contribution < -0.4 is 14.8 Å². The molecule has 0 aliphatic heterocycles. The summed E-state index contributed by atoms with van der Waals surface area (Å²) in [7, 11) is 3.12. The van der Waals surface area contributed by atoms with Crippen molar-refractivity contribution in [1.29, 1.82) is 0 Å². The zero-order chi connectivity index (χ0) is 17.1. The summed E-state index contributed by atoms with van der Waals surface area (Å²) in [5.74, 6) is 0.566. The first-order valence-corrected chi connectivity index (χ1v) is 7.38. The van der Waals surface area contributed by atoms with Crippen LogP contribution in [0.5, 0.6) is 11.5 Å². The number of hydrogen-bond acceptors (Lipinski definition) is 3. The van der Waals surface area contributed by atoms with Crippen molar-refractivity contribution in [2.75, 3.05) is 14.2 Å². The number of rotatable bonds is 5. The van der Waals surface area contributed by atoms with Crippen molar-refractivity contribution in [2.24, 2.45) is 0 Å². The summed E-state index contributed by atoms with van der Waals surface area (Å²) in [6.07, 6.45) is 1.58. The molecule has 0 spiro atoms. The Hall–Kier alpha value is -3.02. The van der Waals surface area contributed by atoms with E-state index < -0.39 is 0 Å². The van der Waals surface area contributed by atoms with Crippen LogP contribution in [0.3, 0.4) is 0 Å². The number of carbonyl (C=O) groups is 1. The van der Waals surface area contributed by atoms with Gasteiger partial charge >= 0.3 is 0 Å². The molecule has 0 radical (unpaired) electrons. The molecular formula is C18H17FN2O3. The van der Waals surface area contributed by atoms with Gasteiger partial charge in [-0.3, -0.25) is 4.79 Å².